The van der Waals surface area contributed by atoms with E-state index in [1.807, 2.05) is 23.9 Å². The third kappa shape index (κ3) is 8.15. The van der Waals surface area contributed by atoms with Crippen LogP contribution in [0.5, 0.6) is 11.6 Å². The molecule has 0 radical (unpaired) electrons. The molecule has 3 aromatic rings. The number of rotatable bonds is 16. The van der Waals surface area contributed by atoms with Crippen LogP contribution in [-0.2, 0) is 9.47 Å². The quantitative estimate of drug-likeness (QED) is 0.0587. The molecule has 3 atom stereocenters. The summed E-state index contributed by atoms with van der Waals surface area (Å²) in [7, 11) is 0. The van der Waals surface area contributed by atoms with Crippen LogP contribution in [0.4, 0.5) is 11.6 Å². The first-order chi connectivity index (χ1) is 24.0. The Morgan fingerprint density at radius 2 is 1.80 bits per heavy atom. The number of nitrogens with one attached hydrogen (secondary N) is 3. The molecule has 2 bridgehead atoms. The van der Waals surface area contributed by atoms with Crippen molar-refractivity contribution in [2.24, 2.45) is 5.22 Å². The van der Waals surface area contributed by atoms with Crippen LogP contribution in [0.25, 0.3) is 11.1 Å². The molecule has 0 spiro atoms. The molecule has 4 heterocycles. The zero-order valence-electron chi connectivity index (χ0n) is 28.1. The van der Waals surface area contributed by atoms with E-state index in [4.69, 9.17) is 35.0 Å². The average molecular weight is 672 g/mol. The van der Waals surface area contributed by atoms with E-state index >= 15 is 0 Å². The van der Waals surface area contributed by atoms with Crippen molar-refractivity contribution in [1.82, 2.24) is 29.7 Å². The highest BCUT2D eigenvalue weighted by molar-refractivity contribution is 5.67. The fourth-order valence-corrected chi connectivity index (χ4v) is 7.17. The van der Waals surface area contributed by atoms with Crippen molar-refractivity contribution >= 4 is 18.0 Å². The summed E-state index contributed by atoms with van der Waals surface area (Å²) < 4.78 is 25.4. The molecule has 15 nitrogen and oxygen atoms in total. The van der Waals surface area contributed by atoms with Gasteiger partial charge in [0.25, 0.3) is 5.88 Å². The van der Waals surface area contributed by atoms with Crippen LogP contribution in [0, 0.1) is 22.3 Å². The minimum Gasteiger partial charge on any atom is -0.487 e. The van der Waals surface area contributed by atoms with Gasteiger partial charge in [0.1, 0.15) is 36.6 Å². The molecule has 3 aliphatic rings. The van der Waals surface area contributed by atoms with E-state index in [0.717, 1.165) is 61.4 Å². The minimum atomic E-state index is -0.429. The Bertz CT molecular complexity index is 1580. The number of morpholine rings is 1. The molecule has 1 saturated carbocycles. The second kappa shape index (κ2) is 16.2. The Balaban J connectivity index is 1.13. The van der Waals surface area contributed by atoms with E-state index < -0.39 is 6.10 Å². The van der Waals surface area contributed by atoms with Gasteiger partial charge in [-0.15, -0.1) is 5.10 Å². The zero-order valence-corrected chi connectivity index (χ0v) is 28.1. The Morgan fingerprint density at radius 1 is 1.08 bits per heavy atom. The van der Waals surface area contributed by atoms with Crippen molar-refractivity contribution in [2.45, 2.75) is 82.6 Å². The molecular formula is C34H45N11O4. The molecule has 3 fully saturated rings. The summed E-state index contributed by atoms with van der Waals surface area (Å²) >= 11 is 0. The minimum absolute atomic E-state index is 0.191. The van der Waals surface area contributed by atoms with Gasteiger partial charge in [0.2, 0.25) is 5.95 Å². The molecule has 1 aromatic carbocycles. The molecule has 49 heavy (non-hydrogen) atoms. The maximum absolute atomic E-state index is 9.63. The number of ether oxygens (including phenoxy) is 4. The third-order valence-electron chi connectivity index (χ3n) is 9.51. The topological polar surface area (TPSA) is 183 Å². The molecule has 0 unspecified atom stereocenters. The zero-order chi connectivity index (χ0) is 34.2. The second-order valence-corrected chi connectivity index (χ2v) is 12.7. The van der Waals surface area contributed by atoms with Crippen LogP contribution in [0.3, 0.4) is 0 Å². The maximum atomic E-state index is 9.63. The van der Waals surface area contributed by atoms with Gasteiger partial charge in [0, 0.05) is 42.7 Å². The van der Waals surface area contributed by atoms with Crippen molar-refractivity contribution in [1.29, 1.82) is 16.2 Å². The first kappa shape index (κ1) is 34.2. The first-order valence-corrected chi connectivity index (χ1v) is 17.1. The lowest BCUT2D eigenvalue weighted by Gasteiger charge is -2.43. The number of hydrogen-bond donors (Lipinski definition) is 3. The fourth-order valence-electron chi connectivity index (χ4n) is 7.17. The van der Waals surface area contributed by atoms with Crippen LogP contribution in [-0.4, -0.2) is 99.8 Å². The van der Waals surface area contributed by atoms with Crippen molar-refractivity contribution in [3.63, 3.8) is 0 Å². The SMILES string of the molecule is CCOCCOc1nn(C2CCC(N3[C@@H]4CC[C@H]3COC4)CC2)cc1Nc1ncc(-c2ccc(C#N)c(O[C@@H](C)CN(C=N)N=N)c2)cn1. The number of aromatic nitrogens is 4. The summed E-state index contributed by atoms with van der Waals surface area (Å²) in [5, 5.41) is 29.5. The van der Waals surface area contributed by atoms with E-state index in [1.54, 1.807) is 31.5 Å². The lowest BCUT2D eigenvalue weighted by molar-refractivity contribution is -0.0458. The van der Waals surface area contributed by atoms with E-state index in [9.17, 15) is 5.26 Å². The first-order valence-electron chi connectivity index (χ1n) is 17.1. The highest BCUT2D eigenvalue weighted by Gasteiger charge is 2.42. The molecule has 3 N–H and O–H groups in total. The van der Waals surface area contributed by atoms with Gasteiger partial charge in [-0.2, -0.15) is 10.8 Å². The van der Waals surface area contributed by atoms with Crippen molar-refractivity contribution < 1.29 is 18.9 Å². The van der Waals surface area contributed by atoms with E-state index in [0.29, 0.717) is 66.8 Å². The Kier molecular flexibility index (Phi) is 11.3. The molecular weight excluding hydrogens is 626 g/mol. The van der Waals surface area contributed by atoms with Crippen LogP contribution in [0.2, 0.25) is 0 Å². The summed E-state index contributed by atoms with van der Waals surface area (Å²) in [6.45, 7) is 7.14. The van der Waals surface area contributed by atoms with Crippen LogP contribution < -0.4 is 14.8 Å². The van der Waals surface area contributed by atoms with Gasteiger partial charge in [-0.3, -0.25) is 15.0 Å². The predicted molar refractivity (Wildman–Crippen MR) is 181 cm³/mol. The van der Waals surface area contributed by atoms with E-state index in [1.165, 1.54) is 12.8 Å². The Hall–Kier alpha value is -4.65. The molecule has 2 saturated heterocycles. The number of nitrogens with zero attached hydrogens (tertiary/aromatic N) is 8. The molecule has 2 aromatic heterocycles. The number of anilines is 2. The highest BCUT2D eigenvalue weighted by atomic mass is 16.5. The van der Waals surface area contributed by atoms with Gasteiger partial charge in [0.15, 0.2) is 0 Å². The summed E-state index contributed by atoms with van der Waals surface area (Å²) in [5.74, 6) is 1.27. The van der Waals surface area contributed by atoms with Gasteiger partial charge in [-0.1, -0.05) is 11.3 Å². The van der Waals surface area contributed by atoms with Crippen molar-refractivity contribution in [3.8, 4) is 28.8 Å². The van der Waals surface area contributed by atoms with E-state index in [2.05, 4.69) is 31.5 Å². The summed E-state index contributed by atoms with van der Waals surface area (Å²) in [6.07, 6.45) is 12.8. The lowest BCUT2D eigenvalue weighted by atomic mass is 9.89. The second-order valence-electron chi connectivity index (χ2n) is 12.7. The number of fused-ring (bicyclic) bond motifs is 2. The molecule has 2 aliphatic heterocycles. The maximum Gasteiger partial charge on any atom is 0.257 e. The molecule has 1 aliphatic carbocycles. The Labute approximate surface area is 286 Å². The summed E-state index contributed by atoms with van der Waals surface area (Å²) in [6, 6.07) is 9.48. The van der Waals surface area contributed by atoms with Gasteiger partial charge < -0.3 is 24.3 Å². The van der Waals surface area contributed by atoms with Crippen LogP contribution in [0.15, 0.2) is 42.0 Å². The van der Waals surface area contributed by atoms with Crippen LogP contribution >= 0.6 is 0 Å². The highest BCUT2D eigenvalue weighted by Crippen LogP contribution is 2.39. The van der Waals surface area contributed by atoms with Crippen LogP contribution in [0.1, 0.15) is 64.0 Å². The number of benzene rings is 1. The number of hydrogen-bond acceptors (Lipinski definition) is 13. The normalized spacial score (nSPS) is 22.6. The summed E-state index contributed by atoms with van der Waals surface area (Å²) in [4.78, 5) is 11.9. The molecule has 0 amide bonds. The van der Waals surface area contributed by atoms with Gasteiger partial charge >= 0.3 is 0 Å². The number of nitriles is 1. The van der Waals surface area contributed by atoms with Crippen molar-refractivity contribution in [3.05, 3.63) is 42.4 Å². The van der Waals surface area contributed by atoms with Gasteiger partial charge in [0.05, 0.1) is 44.2 Å². The smallest absolute Gasteiger partial charge is 0.257 e. The third-order valence-corrected chi connectivity index (χ3v) is 9.51. The fraction of sp³-hybridized carbons (Fsp3) is 0.559. The Morgan fingerprint density at radius 3 is 2.47 bits per heavy atom. The average Bonchev–Trinajstić information content (AvgIpc) is 3.64. The largest absolute Gasteiger partial charge is 0.487 e. The standard InChI is InChI=1S/C34H45N11O4/c1-3-46-12-13-48-33-31(19-44(41-33)27-6-8-28(9-7-27)45-29-10-11-30(45)21-47-20-29)40-34-38-16-26(17-39-34)24-4-5-25(15-35)32(14-24)49-23(2)18-43(22-36)42-37/h4-5,14,16-17,19,22-23,27-30,36-37H,3,6-13,18,20-21H2,1-2H3,(H,38,39,40)/t23-,27?,28?,29-,30+/m0/s1. The van der Waals surface area contributed by atoms with Crippen molar-refractivity contribution in [2.75, 3.05) is 44.9 Å². The monoisotopic (exact) mass is 671 g/mol. The van der Waals surface area contributed by atoms with E-state index in [-0.39, 0.29) is 12.6 Å². The molecule has 6 rings (SSSR count). The molecule has 15 heteroatoms. The van der Waals surface area contributed by atoms with Gasteiger partial charge in [-0.05, 0) is 70.1 Å². The molecule has 260 valence electrons. The van der Waals surface area contributed by atoms with Gasteiger partial charge in [-0.25, -0.2) is 15.0 Å². The lowest BCUT2D eigenvalue weighted by Crippen LogP contribution is -2.52. The predicted octanol–water partition coefficient (Wildman–Crippen LogP) is 5.34. The summed E-state index contributed by atoms with van der Waals surface area (Å²) in [5.41, 5.74) is 9.73.